The number of amidine groups is 1. The van der Waals surface area contributed by atoms with Crippen LogP contribution in [0.15, 0.2) is 35.5 Å². The van der Waals surface area contributed by atoms with Gasteiger partial charge in [0.15, 0.2) is 5.84 Å². The number of amides is 1. The smallest absolute Gasteiger partial charge is 0.236 e. The van der Waals surface area contributed by atoms with E-state index in [-0.39, 0.29) is 11.7 Å². The van der Waals surface area contributed by atoms with Gasteiger partial charge in [-0.2, -0.15) is 0 Å². The Morgan fingerprint density at radius 3 is 2.40 bits per heavy atom. The summed E-state index contributed by atoms with van der Waals surface area (Å²) in [4.78, 5) is 17.3. The van der Waals surface area contributed by atoms with Gasteiger partial charge in [0.1, 0.15) is 5.41 Å². The molecule has 136 valence electrons. The highest BCUT2D eigenvalue weighted by Gasteiger charge is 2.47. The average molecular weight is 346 g/mol. The topological polar surface area (TPSA) is 91.4 Å². The molecule has 3 rings (SSSR count). The zero-order valence-corrected chi connectivity index (χ0v) is 14.4. The number of ether oxygens (including phenoxy) is 1. The molecular formula is C18H26N4O3. The highest BCUT2D eigenvalue weighted by atomic mass is 16.5. The molecule has 0 unspecified atom stereocenters. The van der Waals surface area contributed by atoms with Gasteiger partial charge in [-0.15, -0.1) is 0 Å². The Kier molecular flexibility index (Phi) is 5.55. The third-order valence-corrected chi connectivity index (χ3v) is 5.26. The number of rotatable bonds is 4. The minimum absolute atomic E-state index is 0.00696. The molecule has 2 heterocycles. The summed E-state index contributed by atoms with van der Waals surface area (Å²) < 4.78 is 5.37. The molecule has 1 aromatic rings. The predicted octanol–water partition coefficient (Wildman–Crippen LogP) is 0.874. The fourth-order valence-electron chi connectivity index (χ4n) is 3.65. The summed E-state index contributed by atoms with van der Waals surface area (Å²) in [5.41, 5.74) is 6.26. The van der Waals surface area contributed by atoms with Gasteiger partial charge in [-0.05, 0) is 18.4 Å². The van der Waals surface area contributed by atoms with Crippen LogP contribution >= 0.6 is 0 Å². The number of oxime groups is 1. The molecule has 0 bridgehead atoms. The van der Waals surface area contributed by atoms with Gasteiger partial charge in [-0.3, -0.25) is 9.69 Å². The lowest BCUT2D eigenvalue weighted by atomic mass is 9.77. The van der Waals surface area contributed by atoms with Crippen molar-refractivity contribution in [2.24, 2.45) is 16.3 Å². The molecule has 7 nitrogen and oxygen atoms in total. The number of nitrogens with two attached hydrogens (primary N) is 1. The zero-order valence-electron chi connectivity index (χ0n) is 14.4. The van der Waals surface area contributed by atoms with Crippen molar-refractivity contribution in [2.75, 3.05) is 39.4 Å². The lowest BCUT2D eigenvalue weighted by molar-refractivity contribution is -0.144. The van der Waals surface area contributed by atoms with Gasteiger partial charge in [0.2, 0.25) is 5.91 Å². The van der Waals surface area contributed by atoms with E-state index in [0.717, 1.165) is 19.6 Å². The fraction of sp³-hybridized carbons (Fsp3) is 0.556. The van der Waals surface area contributed by atoms with E-state index in [1.54, 1.807) is 0 Å². The maximum absolute atomic E-state index is 13.1. The third kappa shape index (κ3) is 3.77. The largest absolute Gasteiger partial charge is 0.409 e. The first-order valence-corrected chi connectivity index (χ1v) is 8.77. The number of benzene rings is 1. The Balaban J connectivity index is 1.62. The van der Waals surface area contributed by atoms with Gasteiger partial charge in [0, 0.05) is 45.9 Å². The maximum atomic E-state index is 13.1. The highest BCUT2D eigenvalue weighted by Crippen LogP contribution is 2.33. The molecule has 1 amide bonds. The van der Waals surface area contributed by atoms with E-state index < -0.39 is 5.41 Å². The van der Waals surface area contributed by atoms with Crippen LogP contribution in [0.3, 0.4) is 0 Å². The zero-order chi connectivity index (χ0) is 17.7. The van der Waals surface area contributed by atoms with Crippen LogP contribution < -0.4 is 5.73 Å². The third-order valence-electron chi connectivity index (χ3n) is 5.26. The van der Waals surface area contributed by atoms with Gasteiger partial charge in [-0.25, -0.2) is 0 Å². The van der Waals surface area contributed by atoms with Crippen molar-refractivity contribution in [1.82, 2.24) is 9.80 Å². The molecule has 0 radical (unpaired) electrons. The molecule has 0 spiro atoms. The Bertz CT molecular complexity index is 606. The highest BCUT2D eigenvalue weighted by molar-refractivity contribution is 6.06. The number of hydrogen-bond acceptors (Lipinski definition) is 5. The van der Waals surface area contributed by atoms with Crippen LogP contribution in [0.4, 0.5) is 0 Å². The first-order valence-electron chi connectivity index (χ1n) is 8.77. The van der Waals surface area contributed by atoms with E-state index in [1.165, 1.54) is 5.56 Å². The molecule has 25 heavy (non-hydrogen) atoms. The summed E-state index contributed by atoms with van der Waals surface area (Å²) in [6.45, 7) is 4.76. The van der Waals surface area contributed by atoms with E-state index in [4.69, 9.17) is 15.7 Å². The Morgan fingerprint density at radius 2 is 1.80 bits per heavy atom. The summed E-state index contributed by atoms with van der Waals surface area (Å²) in [5, 5.41) is 12.3. The minimum Gasteiger partial charge on any atom is -0.409 e. The molecule has 7 heteroatoms. The number of nitrogens with zero attached hydrogens (tertiary/aromatic N) is 3. The van der Waals surface area contributed by atoms with Crippen molar-refractivity contribution in [2.45, 2.75) is 19.4 Å². The molecule has 2 aliphatic heterocycles. The van der Waals surface area contributed by atoms with Crippen LogP contribution in [0.25, 0.3) is 0 Å². The summed E-state index contributed by atoms with van der Waals surface area (Å²) in [7, 11) is 0. The standard InChI is InChI=1S/C18H26N4O3/c19-16(20-24)18(6-12-25-13-7-18)17(23)22-10-8-21(9-11-22)14-15-4-2-1-3-5-15/h1-5,24H,6-14H2,(H2,19,20). The Morgan fingerprint density at radius 1 is 1.16 bits per heavy atom. The first kappa shape index (κ1) is 17.7. The van der Waals surface area contributed by atoms with Gasteiger partial charge >= 0.3 is 0 Å². The fourth-order valence-corrected chi connectivity index (χ4v) is 3.65. The van der Waals surface area contributed by atoms with Gasteiger partial charge in [0.05, 0.1) is 0 Å². The van der Waals surface area contributed by atoms with Crippen molar-refractivity contribution in [1.29, 1.82) is 0 Å². The second-order valence-corrected chi connectivity index (χ2v) is 6.73. The molecule has 0 aromatic heterocycles. The molecule has 2 saturated heterocycles. The molecule has 0 saturated carbocycles. The monoisotopic (exact) mass is 346 g/mol. The second kappa shape index (κ2) is 7.84. The number of piperazine rings is 1. The summed E-state index contributed by atoms with van der Waals surface area (Å²) in [5.74, 6) is -0.0297. The van der Waals surface area contributed by atoms with Crippen LogP contribution in [0.2, 0.25) is 0 Å². The normalized spacial score (nSPS) is 21.9. The molecule has 0 atom stereocenters. The first-order chi connectivity index (χ1) is 12.2. The number of carbonyl (C=O) groups excluding carboxylic acids is 1. The maximum Gasteiger partial charge on any atom is 0.236 e. The average Bonchev–Trinajstić information content (AvgIpc) is 2.68. The molecule has 3 N–H and O–H groups in total. The summed E-state index contributed by atoms with van der Waals surface area (Å²) >= 11 is 0. The SMILES string of the molecule is N/C(=N/O)C1(C(=O)N2CCN(Cc3ccccc3)CC2)CCOCC1. The van der Waals surface area contributed by atoms with E-state index in [2.05, 4.69) is 22.2 Å². The van der Waals surface area contributed by atoms with Crippen molar-refractivity contribution in [3.63, 3.8) is 0 Å². The van der Waals surface area contributed by atoms with Gasteiger partial charge in [0.25, 0.3) is 0 Å². The van der Waals surface area contributed by atoms with Crippen molar-refractivity contribution >= 4 is 11.7 Å². The molecule has 2 aliphatic rings. The van der Waals surface area contributed by atoms with Gasteiger partial charge in [-0.1, -0.05) is 35.5 Å². The number of carbonyl (C=O) groups is 1. The second-order valence-electron chi connectivity index (χ2n) is 6.73. The van der Waals surface area contributed by atoms with Crippen molar-refractivity contribution in [3.05, 3.63) is 35.9 Å². The quantitative estimate of drug-likeness (QED) is 0.365. The Labute approximate surface area is 148 Å². The molecule has 1 aromatic carbocycles. The lowest BCUT2D eigenvalue weighted by Crippen LogP contribution is -2.58. The molecule has 0 aliphatic carbocycles. The van der Waals surface area contributed by atoms with E-state index in [1.807, 2.05) is 23.1 Å². The van der Waals surface area contributed by atoms with Crippen LogP contribution in [-0.4, -0.2) is 66.1 Å². The van der Waals surface area contributed by atoms with Crippen LogP contribution in [0.5, 0.6) is 0 Å². The Hall–Kier alpha value is -2.12. The number of hydrogen-bond donors (Lipinski definition) is 2. The van der Waals surface area contributed by atoms with Crippen LogP contribution in [0, 0.1) is 5.41 Å². The predicted molar refractivity (Wildman–Crippen MR) is 94.2 cm³/mol. The van der Waals surface area contributed by atoms with Gasteiger partial charge < -0.3 is 20.6 Å². The van der Waals surface area contributed by atoms with Crippen molar-refractivity contribution < 1.29 is 14.7 Å². The lowest BCUT2D eigenvalue weighted by Gasteiger charge is -2.42. The van der Waals surface area contributed by atoms with Crippen molar-refractivity contribution in [3.8, 4) is 0 Å². The summed E-state index contributed by atoms with van der Waals surface area (Å²) in [6.07, 6.45) is 0.928. The van der Waals surface area contributed by atoms with E-state index in [9.17, 15) is 4.79 Å². The summed E-state index contributed by atoms with van der Waals surface area (Å²) in [6, 6.07) is 10.3. The van der Waals surface area contributed by atoms with E-state index >= 15 is 0 Å². The molecule has 2 fully saturated rings. The van der Waals surface area contributed by atoms with Crippen LogP contribution in [-0.2, 0) is 16.1 Å². The molecular weight excluding hydrogens is 320 g/mol. The van der Waals surface area contributed by atoms with Crippen LogP contribution in [0.1, 0.15) is 18.4 Å². The van der Waals surface area contributed by atoms with E-state index in [0.29, 0.717) is 39.1 Å². The minimum atomic E-state index is -0.922.